The van der Waals surface area contributed by atoms with Gasteiger partial charge in [0.2, 0.25) is 0 Å². The first-order valence-electron chi connectivity index (χ1n) is 4.50. The summed E-state index contributed by atoms with van der Waals surface area (Å²) in [4.78, 5) is 0. The monoisotopic (exact) mass is 228 g/mol. The van der Waals surface area contributed by atoms with E-state index in [1.165, 1.54) is 12.1 Å². The van der Waals surface area contributed by atoms with Gasteiger partial charge < -0.3 is 11.1 Å². The Morgan fingerprint density at radius 1 is 1.38 bits per heavy atom. The number of rotatable bonds is 2. The first kappa shape index (κ1) is 12.3. The molecular formula is C11H11F3N2. The highest BCUT2D eigenvalue weighted by Gasteiger charge is 2.33. The van der Waals surface area contributed by atoms with Gasteiger partial charge in [-0.2, -0.15) is 13.2 Å². The van der Waals surface area contributed by atoms with Gasteiger partial charge in [-0.1, -0.05) is 11.6 Å². The predicted octanol–water partition coefficient (Wildman–Crippen LogP) is 2.96. The molecule has 0 bridgehead atoms. The standard InChI is InChI=1S/C11H11F3N2/c1-7-2-3-9(11(12,13)14)8(6-7)10(16)4-5-15/h2-6,15H,16H2,1H3/b10-4-,15-5?. The number of hydrogen-bond donors (Lipinski definition) is 2. The Morgan fingerprint density at radius 3 is 2.50 bits per heavy atom. The molecule has 0 saturated carbocycles. The fraction of sp³-hybridized carbons (Fsp3) is 0.182. The van der Waals surface area contributed by atoms with Crippen LogP contribution in [0.2, 0.25) is 0 Å². The molecule has 0 spiro atoms. The highest BCUT2D eigenvalue weighted by Crippen LogP contribution is 2.34. The van der Waals surface area contributed by atoms with Gasteiger partial charge in [-0.15, -0.1) is 0 Å². The zero-order chi connectivity index (χ0) is 12.3. The summed E-state index contributed by atoms with van der Waals surface area (Å²) in [6.45, 7) is 1.68. The highest BCUT2D eigenvalue weighted by molar-refractivity contribution is 5.82. The molecule has 0 aliphatic heterocycles. The topological polar surface area (TPSA) is 49.9 Å². The summed E-state index contributed by atoms with van der Waals surface area (Å²) in [5.74, 6) is 0. The molecule has 3 N–H and O–H groups in total. The first-order valence-corrected chi connectivity index (χ1v) is 4.50. The van der Waals surface area contributed by atoms with Gasteiger partial charge in [-0.3, -0.25) is 0 Å². The van der Waals surface area contributed by atoms with Crippen LogP contribution < -0.4 is 5.73 Å². The van der Waals surface area contributed by atoms with Gasteiger partial charge in [0, 0.05) is 17.5 Å². The lowest BCUT2D eigenvalue weighted by atomic mass is 10.0. The van der Waals surface area contributed by atoms with Crippen molar-refractivity contribution in [2.75, 3.05) is 0 Å². The predicted molar refractivity (Wildman–Crippen MR) is 57.1 cm³/mol. The molecule has 0 heterocycles. The van der Waals surface area contributed by atoms with Crippen molar-refractivity contribution in [2.45, 2.75) is 13.1 Å². The second kappa shape index (κ2) is 4.38. The molecule has 0 unspecified atom stereocenters. The van der Waals surface area contributed by atoms with E-state index in [4.69, 9.17) is 11.1 Å². The van der Waals surface area contributed by atoms with Crippen LogP contribution in [-0.4, -0.2) is 6.21 Å². The maximum Gasteiger partial charge on any atom is 0.417 e. The fourth-order valence-corrected chi connectivity index (χ4v) is 1.32. The van der Waals surface area contributed by atoms with Gasteiger partial charge in [0.15, 0.2) is 0 Å². The number of nitrogens with two attached hydrogens (primary N) is 1. The lowest BCUT2D eigenvalue weighted by Crippen LogP contribution is -2.11. The Labute approximate surface area is 91.1 Å². The van der Waals surface area contributed by atoms with E-state index in [-0.39, 0.29) is 11.3 Å². The van der Waals surface area contributed by atoms with Gasteiger partial charge >= 0.3 is 6.18 Å². The summed E-state index contributed by atoms with van der Waals surface area (Å²) in [6.07, 6.45) is -2.45. The molecule has 0 fully saturated rings. The molecule has 0 aliphatic rings. The Bertz CT molecular complexity index is 433. The third-order valence-electron chi connectivity index (χ3n) is 2.05. The number of halogens is 3. The third-order valence-corrected chi connectivity index (χ3v) is 2.05. The zero-order valence-electron chi connectivity index (χ0n) is 8.60. The van der Waals surface area contributed by atoms with Crippen molar-refractivity contribution < 1.29 is 13.2 Å². The number of allylic oxidation sites excluding steroid dienone is 1. The van der Waals surface area contributed by atoms with Crippen LogP contribution in [-0.2, 0) is 6.18 Å². The molecule has 5 heteroatoms. The van der Waals surface area contributed by atoms with E-state index in [9.17, 15) is 13.2 Å². The molecule has 0 atom stereocenters. The Balaban J connectivity index is 3.40. The maximum atomic E-state index is 12.6. The van der Waals surface area contributed by atoms with Crippen molar-refractivity contribution in [1.29, 1.82) is 5.41 Å². The molecule has 16 heavy (non-hydrogen) atoms. The van der Waals surface area contributed by atoms with E-state index in [2.05, 4.69) is 0 Å². The Hall–Kier alpha value is -1.78. The van der Waals surface area contributed by atoms with E-state index >= 15 is 0 Å². The molecule has 0 aromatic heterocycles. The van der Waals surface area contributed by atoms with Crippen LogP contribution >= 0.6 is 0 Å². The minimum Gasteiger partial charge on any atom is -0.398 e. The molecule has 0 radical (unpaired) electrons. The van der Waals surface area contributed by atoms with E-state index in [1.807, 2.05) is 0 Å². The SMILES string of the molecule is Cc1ccc(C(F)(F)F)c(/C(N)=C/C=N)c1. The van der Waals surface area contributed by atoms with Crippen LogP contribution in [0.3, 0.4) is 0 Å². The van der Waals surface area contributed by atoms with E-state index < -0.39 is 11.7 Å². The van der Waals surface area contributed by atoms with Crippen LogP contribution in [0.4, 0.5) is 13.2 Å². The van der Waals surface area contributed by atoms with Gasteiger partial charge in [0.25, 0.3) is 0 Å². The van der Waals surface area contributed by atoms with Crippen LogP contribution in [0.5, 0.6) is 0 Å². The van der Waals surface area contributed by atoms with Gasteiger partial charge in [0.05, 0.1) is 5.56 Å². The largest absolute Gasteiger partial charge is 0.417 e. The normalized spacial score (nSPS) is 12.6. The van der Waals surface area contributed by atoms with Crippen molar-refractivity contribution in [3.05, 3.63) is 41.0 Å². The number of benzene rings is 1. The summed E-state index contributed by atoms with van der Waals surface area (Å²) in [5, 5.41) is 6.80. The van der Waals surface area contributed by atoms with Gasteiger partial charge in [-0.05, 0) is 25.1 Å². The number of alkyl halides is 3. The van der Waals surface area contributed by atoms with Crippen molar-refractivity contribution in [2.24, 2.45) is 5.73 Å². The van der Waals surface area contributed by atoms with E-state index in [0.717, 1.165) is 18.4 Å². The molecule has 1 aromatic rings. The van der Waals surface area contributed by atoms with Crippen LogP contribution in [0.25, 0.3) is 5.70 Å². The van der Waals surface area contributed by atoms with E-state index in [0.29, 0.717) is 5.56 Å². The second-order valence-corrected chi connectivity index (χ2v) is 3.34. The smallest absolute Gasteiger partial charge is 0.398 e. The van der Waals surface area contributed by atoms with Crippen molar-refractivity contribution >= 4 is 11.9 Å². The minimum atomic E-state index is -4.44. The summed E-state index contributed by atoms with van der Waals surface area (Å²) >= 11 is 0. The number of nitrogens with one attached hydrogen (secondary N) is 1. The second-order valence-electron chi connectivity index (χ2n) is 3.34. The molecule has 0 saturated heterocycles. The van der Waals surface area contributed by atoms with Crippen molar-refractivity contribution in [1.82, 2.24) is 0 Å². The van der Waals surface area contributed by atoms with Crippen LogP contribution in [0, 0.1) is 12.3 Å². The van der Waals surface area contributed by atoms with Gasteiger partial charge in [0.1, 0.15) is 0 Å². The number of hydrogen-bond acceptors (Lipinski definition) is 2. The third kappa shape index (κ3) is 2.62. The Kier molecular flexibility index (Phi) is 3.37. The minimum absolute atomic E-state index is 0.0639. The molecule has 1 aromatic carbocycles. The quantitative estimate of drug-likeness (QED) is 0.751. The molecular weight excluding hydrogens is 217 g/mol. The van der Waals surface area contributed by atoms with Gasteiger partial charge in [-0.25, -0.2) is 0 Å². The lowest BCUT2D eigenvalue weighted by Gasteiger charge is -2.13. The molecule has 2 nitrogen and oxygen atoms in total. The van der Waals surface area contributed by atoms with Crippen LogP contribution in [0.1, 0.15) is 16.7 Å². The molecule has 86 valence electrons. The lowest BCUT2D eigenvalue weighted by molar-refractivity contribution is -0.137. The van der Waals surface area contributed by atoms with Crippen LogP contribution in [0.15, 0.2) is 24.3 Å². The zero-order valence-corrected chi connectivity index (χ0v) is 8.60. The van der Waals surface area contributed by atoms with E-state index in [1.54, 1.807) is 6.92 Å². The highest BCUT2D eigenvalue weighted by atomic mass is 19.4. The average molecular weight is 228 g/mol. The molecule has 1 rings (SSSR count). The van der Waals surface area contributed by atoms with Crippen molar-refractivity contribution in [3.63, 3.8) is 0 Å². The molecule has 0 aliphatic carbocycles. The molecule has 0 amide bonds. The van der Waals surface area contributed by atoms with Crippen molar-refractivity contribution in [3.8, 4) is 0 Å². The Morgan fingerprint density at radius 2 is 2.00 bits per heavy atom. The average Bonchev–Trinajstić information content (AvgIpc) is 2.16. The summed E-state index contributed by atoms with van der Waals surface area (Å²) in [7, 11) is 0. The number of aryl methyl sites for hydroxylation is 1. The first-order chi connectivity index (χ1) is 7.36. The maximum absolute atomic E-state index is 12.6. The summed E-state index contributed by atoms with van der Waals surface area (Å²) < 4.78 is 37.9. The summed E-state index contributed by atoms with van der Waals surface area (Å²) in [6, 6.07) is 3.73. The fourth-order valence-electron chi connectivity index (χ4n) is 1.32. The summed E-state index contributed by atoms with van der Waals surface area (Å²) in [5.41, 5.74) is 5.23.